The predicted octanol–water partition coefficient (Wildman–Crippen LogP) is 3.53. The molecule has 0 saturated carbocycles. The Morgan fingerprint density at radius 3 is 2.59 bits per heavy atom. The lowest BCUT2D eigenvalue weighted by Gasteiger charge is -2.13. The van der Waals surface area contributed by atoms with Gasteiger partial charge in [-0.1, -0.05) is 43.7 Å². The summed E-state index contributed by atoms with van der Waals surface area (Å²) < 4.78 is 4.84. The Hall–Kier alpha value is -3.33. The van der Waals surface area contributed by atoms with E-state index in [1.54, 1.807) is 13.0 Å². The number of carbonyl (C=O) groups excluding carboxylic acids is 4. The molecule has 168 valence electrons. The second-order valence-electron chi connectivity index (χ2n) is 7.22. The summed E-state index contributed by atoms with van der Waals surface area (Å²) in [4.78, 5) is 54.2. The summed E-state index contributed by atoms with van der Waals surface area (Å²) in [5, 5.41) is 2.36. The summed E-state index contributed by atoms with van der Waals surface area (Å²) in [5.41, 5.74) is 2.66. The summed E-state index contributed by atoms with van der Waals surface area (Å²) in [6.45, 7) is 3.80. The molecular formula is C23H25N3O5S. The highest BCUT2D eigenvalue weighted by Crippen LogP contribution is 2.31. The van der Waals surface area contributed by atoms with Gasteiger partial charge in [-0.05, 0) is 42.3 Å². The summed E-state index contributed by atoms with van der Waals surface area (Å²) in [5.74, 6) is -1.28. The number of ether oxygens (including phenoxy) is 1. The van der Waals surface area contributed by atoms with E-state index in [0.29, 0.717) is 33.8 Å². The molecule has 0 radical (unpaired) electrons. The normalized spacial score (nSPS) is 14.8. The second kappa shape index (κ2) is 10.3. The van der Waals surface area contributed by atoms with E-state index in [1.807, 2.05) is 37.3 Å². The summed E-state index contributed by atoms with van der Waals surface area (Å²) in [7, 11) is 1.30. The lowest BCUT2D eigenvalue weighted by molar-refractivity contribution is -0.122. The van der Waals surface area contributed by atoms with Gasteiger partial charge in [0.2, 0.25) is 0 Å². The number of nitrogens with one attached hydrogen (secondary N) is 2. The van der Waals surface area contributed by atoms with Gasteiger partial charge in [0.25, 0.3) is 17.1 Å². The SMILES string of the molecule is CCCc1c(C(=O)NCCN2C(=O)S/C(=C\c3ccccc3)C2=O)[nH]c(C)c1C(=O)OC. The number of aromatic nitrogens is 1. The van der Waals surface area contributed by atoms with Crippen molar-refractivity contribution in [1.82, 2.24) is 15.2 Å². The highest BCUT2D eigenvalue weighted by molar-refractivity contribution is 8.18. The van der Waals surface area contributed by atoms with Crippen LogP contribution < -0.4 is 5.32 Å². The molecule has 2 N–H and O–H groups in total. The first-order valence-electron chi connectivity index (χ1n) is 10.3. The van der Waals surface area contributed by atoms with Gasteiger partial charge < -0.3 is 15.0 Å². The van der Waals surface area contributed by atoms with Crippen LogP contribution in [0.15, 0.2) is 35.2 Å². The fraction of sp³-hybridized carbons (Fsp3) is 0.304. The van der Waals surface area contributed by atoms with Gasteiger partial charge in [0.1, 0.15) is 5.69 Å². The summed E-state index contributed by atoms with van der Waals surface area (Å²) in [6, 6.07) is 9.28. The fourth-order valence-electron chi connectivity index (χ4n) is 3.51. The quantitative estimate of drug-likeness (QED) is 0.466. The number of hydrogen-bond donors (Lipinski definition) is 2. The zero-order valence-electron chi connectivity index (χ0n) is 18.2. The Morgan fingerprint density at radius 2 is 1.94 bits per heavy atom. The molecule has 0 atom stereocenters. The van der Waals surface area contributed by atoms with Crippen molar-refractivity contribution in [2.75, 3.05) is 20.2 Å². The first-order chi connectivity index (χ1) is 15.4. The van der Waals surface area contributed by atoms with Gasteiger partial charge in [-0.15, -0.1) is 0 Å². The van der Waals surface area contributed by atoms with Crippen LogP contribution >= 0.6 is 11.8 Å². The molecule has 1 aromatic heterocycles. The van der Waals surface area contributed by atoms with Gasteiger partial charge in [-0.2, -0.15) is 0 Å². The highest BCUT2D eigenvalue weighted by atomic mass is 32.2. The molecule has 1 aliphatic heterocycles. The number of imide groups is 1. The molecule has 2 aromatic rings. The average molecular weight is 456 g/mol. The zero-order valence-corrected chi connectivity index (χ0v) is 19.0. The van der Waals surface area contributed by atoms with E-state index >= 15 is 0 Å². The van der Waals surface area contributed by atoms with E-state index in [-0.39, 0.29) is 24.2 Å². The number of carbonyl (C=O) groups is 4. The molecule has 1 fully saturated rings. The van der Waals surface area contributed by atoms with Gasteiger partial charge in [0.05, 0.1) is 17.6 Å². The maximum Gasteiger partial charge on any atom is 0.339 e. The third kappa shape index (κ3) is 4.94. The van der Waals surface area contributed by atoms with Gasteiger partial charge in [-0.3, -0.25) is 19.3 Å². The minimum Gasteiger partial charge on any atom is -0.465 e. The minimum atomic E-state index is -0.496. The number of nitrogens with zero attached hydrogens (tertiary/aromatic N) is 1. The molecule has 8 nitrogen and oxygen atoms in total. The Balaban J connectivity index is 1.66. The van der Waals surface area contributed by atoms with Crippen LogP contribution in [0.2, 0.25) is 0 Å². The number of rotatable bonds is 8. The van der Waals surface area contributed by atoms with Crippen molar-refractivity contribution in [3.05, 3.63) is 63.3 Å². The van der Waals surface area contributed by atoms with Crippen LogP contribution in [0.3, 0.4) is 0 Å². The van der Waals surface area contributed by atoms with Crippen molar-refractivity contribution < 1.29 is 23.9 Å². The predicted molar refractivity (Wildman–Crippen MR) is 122 cm³/mol. The van der Waals surface area contributed by atoms with Crippen LogP contribution in [0.25, 0.3) is 6.08 Å². The Morgan fingerprint density at radius 1 is 1.22 bits per heavy atom. The number of esters is 1. The molecular weight excluding hydrogens is 430 g/mol. The van der Waals surface area contributed by atoms with E-state index in [0.717, 1.165) is 28.6 Å². The van der Waals surface area contributed by atoms with Crippen LogP contribution in [-0.4, -0.2) is 53.1 Å². The van der Waals surface area contributed by atoms with E-state index < -0.39 is 11.9 Å². The monoisotopic (exact) mass is 455 g/mol. The number of methoxy groups -OCH3 is 1. The molecule has 0 unspecified atom stereocenters. The first-order valence-corrected chi connectivity index (χ1v) is 11.1. The van der Waals surface area contributed by atoms with E-state index in [9.17, 15) is 19.2 Å². The van der Waals surface area contributed by atoms with Crippen molar-refractivity contribution >= 4 is 40.9 Å². The van der Waals surface area contributed by atoms with Crippen molar-refractivity contribution in [2.24, 2.45) is 0 Å². The number of aryl methyl sites for hydroxylation is 1. The van der Waals surface area contributed by atoms with Gasteiger partial charge in [-0.25, -0.2) is 4.79 Å². The first kappa shape index (κ1) is 23.3. The number of thioether (sulfide) groups is 1. The van der Waals surface area contributed by atoms with E-state index in [4.69, 9.17) is 4.74 Å². The second-order valence-corrected chi connectivity index (χ2v) is 8.21. The number of amides is 3. The highest BCUT2D eigenvalue weighted by Gasteiger charge is 2.34. The van der Waals surface area contributed by atoms with Crippen LogP contribution in [0.4, 0.5) is 4.79 Å². The topological polar surface area (TPSA) is 109 Å². The van der Waals surface area contributed by atoms with Crippen LogP contribution in [-0.2, 0) is 16.0 Å². The number of benzene rings is 1. The summed E-state index contributed by atoms with van der Waals surface area (Å²) >= 11 is 0.880. The molecule has 3 rings (SSSR count). The van der Waals surface area contributed by atoms with Gasteiger partial charge in [0.15, 0.2) is 0 Å². The number of aromatic amines is 1. The Bertz CT molecular complexity index is 1070. The standard InChI is InChI=1S/C23H25N3O5S/c1-4-8-16-18(22(29)31-3)14(2)25-19(16)20(27)24-11-12-26-21(28)17(32-23(26)30)13-15-9-6-5-7-10-15/h5-7,9-10,13,25H,4,8,11-12H2,1-3H3,(H,24,27)/b17-13-. The molecule has 32 heavy (non-hydrogen) atoms. The van der Waals surface area contributed by atoms with Crippen LogP contribution in [0, 0.1) is 6.92 Å². The van der Waals surface area contributed by atoms with Gasteiger partial charge >= 0.3 is 5.97 Å². The molecule has 3 amide bonds. The third-order valence-electron chi connectivity index (χ3n) is 5.00. The van der Waals surface area contributed by atoms with E-state index in [2.05, 4.69) is 10.3 Å². The smallest absolute Gasteiger partial charge is 0.339 e. The fourth-order valence-corrected chi connectivity index (χ4v) is 4.38. The van der Waals surface area contributed by atoms with Crippen LogP contribution in [0.5, 0.6) is 0 Å². The molecule has 1 aromatic carbocycles. The largest absolute Gasteiger partial charge is 0.465 e. The number of hydrogen-bond acceptors (Lipinski definition) is 6. The van der Waals surface area contributed by atoms with Gasteiger partial charge in [0, 0.05) is 18.8 Å². The molecule has 2 heterocycles. The van der Waals surface area contributed by atoms with E-state index in [1.165, 1.54) is 7.11 Å². The molecule has 1 aliphatic rings. The van der Waals surface area contributed by atoms with Crippen molar-refractivity contribution in [3.63, 3.8) is 0 Å². The molecule has 1 saturated heterocycles. The van der Waals surface area contributed by atoms with Crippen molar-refractivity contribution in [1.29, 1.82) is 0 Å². The molecule has 9 heteroatoms. The number of H-pyrrole nitrogens is 1. The lowest BCUT2D eigenvalue weighted by atomic mass is 10.0. The van der Waals surface area contributed by atoms with Crippen molar-refractivity contribution in [3.8, 4) is 0 Å². The maximum absolute atomic E-state index is 12.8. The molecule has 0 aliphatic carbocycles. The third-order valence-corrected chi connectivity index (χ3v) is 5.91. The molecule has 0 bridgehead atoms. The maximum atomic E-state index is 12.8. The average Bonchev–Trinajstić information content (AvgIpc) is 3.24. The lowest BCUT2D eigenvalue weighted by Crippen LogP contribution is -2.37. The van der Waals surface area contributed by atoms with Crippen molar-refractivity contribution in [2.45, 2.75) is 26.7 Å². The van der Waals surface area contributed by atoms with Crippen LogP contribution in [0.1, 0.15) is 51.0 Å². The zero-order chi connectivity index (χ0) is 23.3. The Labute approximate surface area is 190 Å². The Kier molecular flexibility index (Phi) is 7.53. The minimum absolute atomic E-state index is 0.0508. The molecule has 0 spiro atoms. The summed E-state index contributed by atoms with van der Waals surface area (Å²) in [6.07, 6.45) is 2.95.